The van der Waals surface area contributed by atoms with Gasteiger partial charge in [-0.05, 0) is 12.1 Å². The SMILES string of the molecule is O=Cc1cn(-c2cc(Cl)c(Cl)cc2Cl)nn1. The van der Waals surface area contributed by atoms with Crippen molar-refractivity contribution in [2.75, 3.05) is 0 Å². The summed E-state index contributed by atoms with van der Waals surface area (Å²) in [6.45, 7) is 0. The van der Waals surface area contributed by atoms with E-state index in [2.05, 4.69) is 10.3 Å². The molecule has 0 saturated carbocycles. The number of rotatable bonds is 2. The zero-order chi connectivity index (χ0) is 11.7. The number of aromatic nitrogens is 3. The van der Waals surface area contributed by atoms with Gasteiger partial charge in [0.15, 0.2) is 6.29 Å². The van der Waals surface area contributed by atoms with Crippen LogP contribution in [-0.4, -0.2) is 21.3 Å². The summed E-state index contributed by atoms with van der Waals surface area (Å²) in [7, 11) is 0. The Labute approximate surface area is 106 Å². The van der Waals surface area contributed by atoms with Crippen molar-refractivity contribution in [3.63, 3.8) is 0 Å². The lowest BCUT2D eigenvalue weighted by Crippen LogP contribution is -1.96. The first kappa shape index (κ1) is 11.4. The molecule has 0 unspecified atom stereocenters. The Morgan fingerprint density at radius 2 is 1.81 bits per heavy atom. The molecule has 82 valence electrons. The molecular weight excluding hydrogens is 272 g/mol. The highest BCUT2D eigenvalue weighted by Gasteiger charge is 2.09. The number of benzene rings is 1. The van der Waals surface area contributed by atoms with Crippen LogP contribution in [0.4, 0.5) is 0 Å². The molecule has 0 aliphatic heterocycles. The molecule has 1 heterocycles. The van der Waals surface area contributed by atoms with E-state index in [0.717, 1.165) is 0 Å². The predicted octanol–water partition coefficient (Wildman–Crippen LogP) is 3.04. The lowest BCUT2D eigenvalue weighted by molar-refractivity contribution is 0.111. The Morgan fingerprint density at radius 3 is 2.44 bits per heavy atom. The zero-order valence-electron chi connectivity index (χ0n) is 7.69. The van der Waals surface area contributed by atoms with Gasteiger partial charge in [0.25, 0.3) is 0 Å². The molecule has 0 bridgehead atoms. The summed E-state index contributed by atoms with van der Waals surface area (Å²) in [6, 6.07) is 3.05. The maximum atomic E-state index is 10.5. The van der Waals surface area contributed by atoms with E-state index in [-0.39, 0.29) is 5.69 Å². The van der Waals surface area contributed by atoms with Crippen LogP contribution >= 0.6 is 34.8 Å². The normalized spacial score (nSPS) is 10.4. The first-order chi connectivity index (χ1) is 7.61. The van der Waals surface area contributed by atoms with Gasteiger partial charge >= 0.3 is 0 Å². The van der Waals surface area contributed by atoms with Crippen LogP contribution in [0.1, 0.15) is 10.5 Å². The molecule has 0 aliphatic carbocycles. The summed E-state index contributed by atoms with van der Waals surface area (Å²) in [5.74, 6) is 0. The topological polar surface area (TPSA) is 47.8 Å². The van der Waals surface area contributed by atoms with Crippen LogP contribution in [0.25, 0.3) is 5.69 Å². The molecule has 2 aromatic rings. The van der Waals surface area contributed by atoms with Crippen molar-refractivity contribution < 1.29 is 4.79 Å². The average molecular weight is 277 g/mol. The maximum Gasteiger partial charge on any atom is 0.171 e. The minimum absolute atomic E-state index is 0.210. The maximum absolute atomic E-state index is 10.5. The molecule has 0 N–H and O–H groups in total. The molecule has 0 radical (unpaired) electrons. The van der Waals surface area contributed by atoms with E-state index in [1.165, 1.54) is 16.9 Å². The summed E-state index contributed by atoms with van der Waals surface area (Å²) < 4.78 is 1.36. The van der Waals surface area contributed by atoms with Gasteiger partial charge in [0.1, 0.15) is 5.69 Å². The lowest BCUT2D eigenvalue weighted by Gasteiger charge is -2.04. The molecule has 0 fully saturated rings. The molecule has 4 nitrogen and oxygen atoms in total. The zero-order valence-corrected chi connectivity index (χ0v) is 9.96. The largest absolute Gasteiger partial charge is 0.296 e. The van der Waals surface area contributed by atoms with Crippen LogP contribution < -0.4 is 0 Å². The summed E-state index contributed by atoms with van der Waals surface area (Å²) >= 11 is 17.6. The van der Waals surface area contributed by atoms with Crippen molar-refractivity contribution in [1.82, 2.24) is 15.0 Å². The highest BCUT2D eigenvalue weighted by atomic mass is 35.5. The average Bonchev–Trinajstić information content (AvgIpc) is 2.71. The van der Waals surface area contributed by atoms with E-state index < -0.39 is 0 Å². The number of halogens is 3. The molecular formula is C9H4Cl3N3O. The third kappa shape index (κ3) is 2.04. The lowest BCUT2D eigenvalue weighted by atomic mass is 10.3. The van der Waals surface area contributed by atoms with Gasteiger partial charge in [0.2, 0.25) is 0 Å². The summed E-state index contributed by atoms with van der Waals surface area (Å²) in [4.78, 5) is 10.5. The summed E-state index contributed by atoms with van der Waals surface area (Å²) in [5.41, 5.74) is 0.721. The number of hydrogen-bond acceptors (Lipinski definition) is 3. The second-order valence-corrected chi connectivity index (χ2v) is 4.15. The monoisotopic (exact) mass is 275 g/mol. The number of aldehydes is 1. The molecule has 0 atom stereocenters. The highest BCUT2D eigenvalue weighted by molar-refractivity contribution is 6.43. The summed E-state index contributed by atoms with van der Waals surface area (Å²) in [6.07, 6.45) is 2.04. The minimum Gasteiger partial charge on any atom is -0.296 e. The van der Waals surface area contributed by atoms with Crippen LogP contribution in [0.2, 0.25) is 15.1 Å². The molecule has 2 rings (SSSR count). The standard InChI is InChI=1S/C9H4Cl3N3O/c10-6-1-8(12)9(2-7(6)11)15-3-5(4-16)13-14-15/h1-4H. The van der Waals surface area contributed by atoms with Crippen LogP contribution in [0, 0.1) is 0 Å². The van der Waals surface area contributed by atoms with E-state index in [0.29, 0.717) is 27.0 Å². The Kier molecular flexibility index (Phi) is 3.14. The fraction of sp³-hybridized carbons (Fsp3) is 0. The van der Waals surface area contributed by atoms with Crippen molar-refractivity contribution in [3.05, 3.63) is 39.1 Å². The fourth-order valence-electron chi connectivity index (χ4n) is 1.14. The van der Waals surface area contributed by atoms with Crippen LogP contribution in [0.15, 0.2) is 18.3 Å². The number of nitrogens with zero attached hydrogens (tertiary/aromatic N) is 3. The number of hydrogen-bond donors (Lipinski definition) is 0. The van der Waals surface area contributed by atoms with E-state index in [9.17, 15) is 4.79 Å². The van der Waals surface area contributed by atoms with Crippen molar-refractivity contribution in [3.8, 4) is 5.69 Å². The van der Waals surface area contributed by atoms with Gasteiger partial charge in [0.05, 0.1) is 27.0 Å². The summed E-state index contributed by atoms with van der Waals surface area (Å²) in [5, 5.41) is 8.43. The van der Waals surface area contributed by atoms with Crippen molar-refractivity contribution in [2.24, 2.45) is 0 Å². The second kappa shape index (κ2) is 4.41. The first-order valence-corrected chi connectivity index (χ1v) is 5.27. The van der Waals surface area contributed by atoms with E-state index in [1.54, 1.807) is 6.07 Å². The quantitative estimate of drug-likeness (QED) is 0.626. The van der Waals surface area contributed by atoms with E-state index >= 15 is 0 Å². The molecule has 16 heavy (non-hydrogen) atoms. The smallest absolute Gasteiger partial charge is 0.171 e. The molecule has 1 aromatic carbocycles. The van der Waals surface area contributed by atoms with Crippen molar-refractivity contribution in [1.29, 1.82) is 0 Å². The third-order valence-electron chi connectivity index (χ3n) is 1.87. The first-order valence-electron chi connectivity index (χ1n) is 4.14. The molecule has 0 amide bonds. The molecule has 7 heteroatoms. The van der Waals surface area contributed by atoms with Gasteiger partial charge in [-0.3, -0.25) is 4.79 Å². The van der Waals surface area contributed by atoms with E-state index in [4.69, 9.17) is 34.8 Å². The van der Waals surface area contributed by atoms with Gasteiger partial charge in [-0.25, -0.2) is 4.68 Å². The van der Waals surface area contributed by atoms with Gasteiger partial charge in [-0.2, -0.15) is 0 Å². The molecule has 0 spiro atoms. The van der Waals surface area contributed by atoms with E-state index in [1.807, 2.05) is 0 Å². The van der Waals surface area contributed by atoms with Gasteiger partial charge < -0.3 is 0 Å². The molecule has 1 aromatic heterocycles. The Bertz CT molecular complexity index is 553. The van der Waals surface area contributed by atoms with Crippen LogP contribution in [0.3, 0.4) is 0 Å². The van der Waals surface area contributed by atoms with Gasteiger partial charge in [-0.1, -0.05) is 40.0 Å². The van der Waals surface area contributed by atoms with Gasteiger partial charge in [0, 0.05) is 0 Å². The Morgan fingerprint density at radius 1 is 1.12 bits per heavy atom. The Hall–Kier alpha value is -1.10. The third-order valence-corrected chi connectivity index (χ3v) is 2.89. The number of carbonyl (C=O) groups is 1. The predicted molar refractivity (Wildman–Crippen MR) is 61.8 cm³/mol. The minimum atomic E-state index is 0.210. The van der Waals surface area contributed by atoms with Crippen molar-refractivity contribution >= 4 is 41.1 Å². The second-order valence-electron chi connectivity index (χ2n) is 2.92. The highest BCUT2D eigenvalue weighted by Crippen LogP contribution is 2.30. The fourth-order valence-corrected chi connectivity index (χ4v) is 1.76. The number of carbonyl (C=O) groups excluding carboxylic acids is 1. The van der Waals surface area contributed by atoms with Crippen LogP contribution in [-0.2, 0) is 0 Å². The van der Waals surface area contributed by atoms with Gasteiger partial charge in [-0.15, -0.1) is 5.10 Å². The molecule has 0 saturated heterocycles. The molecule has 0 aliphatic rings. The Balaban J connectivity index is 2.55. The van der Waals surface area contributed by atoms with Crippen LogP contribution in [0.5, 0.6) is 0 Å². The van der Waals surface area contributed by atoms with Crippen molar-refractivity contribution in [2.45, 2.75) is 0 Å².